The van der Waals surface area contributed by atoms with Crippen LogP contribution >= 0.6 is 0 Å². The maximum Gasteiger partial charge on any atom is 0.255 e. The molecule has 0 aliphatic carbocycles. The first kappa shape index (κ1) is 18.7. The summed E-state index contributed by atoms with van der Waals surface area (Å²) >= 11 is 0. The number of amides is 1. The normalized spacial score (nSPS) is 13.8. The third-order valence-electron chi connectivity index (χ3n) is 5.07. The van der Waals surface area contributed by atoms with Gasteiger partial charge in [-0.15, -0.1) is 0 Å². The summed E-state index contributed by atoms with van der Waals surface area (Å²) < 4.78 is 6.50. The number of methoxy groups -OCH3 is 1. The lowest BCUT2D eigenvalue weighted by Gasteiger charge is -2.38. The van der Waals surface area contributed by atoms with Gasteiger partial charge in [0.15, 0.2) is 5.82 Å². The first-order valence-corrected chi connectivity index (χ1v) is 9.08. The average molecular weight is 389 g/mol. The number of aromatic hydroxyl groups is 1. The minimum atomic E-state index is -0.101. The first-order chi connectivity index (χ1) is 14.0. The Balaban J connectivity index is 1.57. The molecule has 8 nitrogen and oxygen atoms in total. The summed E-state index contributed by atoms with van der Waals surface area (Å²) in [4.78, 5) is 18.4. The van der Waals surface area contributed by atoms with Gasteiger partial charge in [0.2, 0.25) is 5.88 Å². The van der Waals surface area contributed by atoms with Crippen LogP contribution in [-0.4, -0.2) is 57.0 Å². The van der Waals surface area contributed by atoms with E-state index < -0.39 is 0 Å². The lowest BCUT2D eigenvalue weighted by Crippen LogP contribution is -2.54. The van der Waals surface area contributed by atoms with E-state index in [1.165, 1.54) is 10.9 Å². The van der Waals surface area contributed by atoms with Crippen LogP contribution in [0.1, 0.15) is 21.5 Å². The predicted molar refractivity (Wildman–Crippen MR) is 105 cm³/mol. The van der Waals surface area contributed by atoms with E-state index in [0.29, 0.717) is 35.6 Å². The van der Waals surface area contributed by atoms with Gasteiger partial charge in [0.25, 0.3) is 5.91 Å². The number of nitrogens with zero attached hydrogens (tertiary/aromatic N) is 5. The summed E-state index contributed by atoms with van der Waals surface area (Å²) in [5, 5.41) is 23.9. The van der Waals surface area contributed by atoms with Gasteiger partial charge in [-0.25, -0.2) is 4.98 Å². The van der Waals surface area contributed by atoms with Crippen LogP contribution in [0.4, 0.5) is 0 Å². The van der Waals surface area contributed by atoms with E-state index in [1.54, 1.807) is 48.5 Å². The Morgan fingerprint density at radius 1 is 1.24 bits per heavy atom. The molecule has 1 aliphatic rings. The van der Waals surface area contributed by atoms with Crippen LogP contribution in [0.25, 0.3) is 16.9 Å². The Morgan fingerprint density at radius 2 is 2.03 bits per heavy atom. The highest BCUT2D eigenvalue weighted by Gasteiger charge is 2.31. The minimum Gasteiger partial charge on any atom is -0.493 e. The summed E-state index contributed by atoms with van der Waals surface area (Å²) in [7, 11) is 1.63. The molecule has 3 heterocycles. The molecule has 1 N–H and O–H groups in total. The van der Waals surface area contributed by atoms with Crippen molar-refractivity contribution in [3.8, 4) is 28.9 Å². The van der Waals surface area contributed by atoms with Crippen molar-refractivity contribution in [2.75, 3.05) is 20.2 Å². The average Bonchev–Trinajstić information content (AvgIpc) is 3.08. The van der Waals surface area contributed by atoms with Crippen LogP contribution in [0, 0.1) is 18.3 Å². The number of hydrogen-bond donors (Lipinski definition) is 1. The topological polar surface area (TPSA) is 104 Å². The molecule has 0 bridgehead atoms. The third kappa shape index (κ3) is 3.32. The fraction of sp³-hybridized carbons (Fsp3) is 0.238. The number of benzene rings is 1. The largest absolute Gasteiger partial charge is 0.493 e. The Kier molecular flexibility index (Phi) is 4.74. The molecule has 0 radical (unpaired) electrons. The van der Waals surface area contributed by atoms with E-state index >= 15 is 0 Å². The number of rotatable bonds is 4. The summed E-state index contributed by atoms with van der Waals surface area (Å²) in [6, 6.07) is 10.6. The van der Waals surface area contributed by atoms with E-state index in [1.807, 2.05) is 6.92 Å². The van der Waals surface area contributed by atoms with E-state index in [0.717, 1.165) is 11.1 Å². The van der Waals surface area contributed by atoms with Crippen molar-refractivity contribution < 1.29 is 14.6 Å². The highest BCUT2D eigenvalue weighted by Crippen LogP contribution is 2.33. The van der Waals surface area contributed by atoms with Crippen LogP contribution in [0.15, 0.2) is 42.7 Å². The Morgan fingerprint density at radius 3 is 2.66 bits per heavy atom. The summed E-state index contributed by atoms with van der Waals surface area (Å²) in [5.41, 5.74) is 3.21. The number of aromatic nitrogens is 3. The molecule has 146 valence electrons. The van der Waals surface area contributed by atoms with Crippen molar-refractivity contribution in [2.24, 2.45) is 0 Å². The highest BCUT2D eigenvalue weighted by atomic mass is 16.5. The second-order valence-electron chi connectivity index (χ2n) is 6.91. The molecule has 0 unspecified atom stereocenters. The second-order valence-corrected chi connectivity index (χ2v) is 6.91. The fourth-order valence-electron chi connectivity index (χ4n) is 3.31. The number of pyridine rings is 1. The van der Waals surface area contributed by atoms with Gasteiger partial charge < -0.3 is 14.7 Å². The molecule has 1 aliphatic heterocycles. The Hall–Kier alpha value is -3.70. The van der Waals surface area contributed by atoms with Gasteiger partial charge in [-0.05, 0) is 42.3 Å². The van der Waals surface area contributed by atoms with Gasteiger partial charge in [-0.2, -0.15) is 15.0 Å². The molecule has 29 heavy (non-hydrogen) atoms. The van der Waals surface area contributed by atoms with Crippen molar-refractivity contribution in [3.05, 3.63) is 59.4 Å². The van der Waals surface area contributed by atoms with Gasteiger partial charge in [0.1, 0.15) is 0 Å². The monoisotopic (exact) mass is 389 g/mol. The first-order valence-electron chi connectivity index (χ1n) is 9.08. The van der Waals surface area contributed by atoms with Gasteiger partial charge >= 0.3 is 0 Å². The molecule has 0 atom stereocenters. The maximum atomic E-state index is 12.4. The molecule has 1 saturated heterocycles. The van der Waals surface area contributed by atoms with Crippen LogP contribution in [-0.2, 0) is 4.74 Å². The molecular weight excluding hydrogens is 370 g/mol. The molecule has 0 saturated carbocycles. The molecule has 0 spiro atoms. The summed E-state index contributed by atoms with van der Waals surface area (Å²) in [6.45, 7) is 3.02. The lowest BCUT2D eigenvalue weighted by atomic mass is 10.0. The van der Waals surface area contributed by atoms with Crippen molar-refractivity contribution >= 4 is 5.91 Å². The molecule has 1 fully saturated rings. The second kappa shape index (κ2) is 7.37. The predicted octanol–water partition coefficient (Wildman–Crippen LogP) is 2.29. The lowest BCUT2D eigenvalue weighted by molar-refractivity contribution is -0.0192. The number of aryl methyl sites for hydroxylation is 1. The number of likely N-dealkylation sites (tertiary alicyclic amines) is 1. The smallest absolute Gasteiger partial charge is 0.255 e. The summed E-state index contributed by atoms with van der Waals surface area (Å²) in [5.74, 6) is 0.237. The van der Waals surface area contributed by atoms with E-state index in [9.17, 15) is 9.90 Å². The molecule has 3 aromatic rings. The van der Waals surface area contributed by atoms with Crippen LogP contribution in [0.3, 0.4) is 0 Å². The van der Waals surface area contributed by atoms with Gasteiger partial charge in [0.05, 0.1) is 35.1 Å². The van der Waals surface area contributed by atoms with Crippen molar-refractivity contribution in [3.63, 3.8) is 0 Å². The Labute approximate surface area is 167 Å². The number of carbonyl (C=O) groups is 1. The number of ether oxygens (including phenoxy) is 1. The third-order valence-corrected chi connectivity index (χ3v) is 5.07. The molecule has 1 amide bonds. The zero-order valence-electron chi connectivity index (χ0n) is 16.0. The molecular formula is C21H19N5O3. The standard InChI is InChI=1S/C21H19N5O3/c1-13-7-14(8-22)3-5-17(13)18-10-24-26(21(18)28)19-6-4-15(9-23-19)20(27)25-11-16(12-25)29-2/h3-7,9-10,16,28H,11-12H2,1-2H3. The number of hydrogen-bond acceptors (Lipinski definition) is 6. The van der Waals surface area contributed by atoms with E-state index in [-0.39, 0.29) is 17.9 Å². The summed E-state index contributed by atoms with van der Waals surface area (Å²) in [6.07, 6.45) is 3.12. The van der Waals surface area contributed by atoms with Crippen LogP contribution < -0.4 is 0 Å². The van der Waals surface area contributed by atoms with Crippen molar-refractivity contribution in [1.29, 1.82) is 5.26 Å². The number of carbonyl (C=O) groups excluding carboxylic acids is 1. The van der Waals surface area contributed by atoms with Crippen LogP contribution in [0.2, 0.25) is 0 Å². The highest BCUT2D eigenvalue weighted by molar-refractivity contribution is 5.94. The quantitative estimate of drug-likeness (QED) is 0.734. The number of nitriles is 1. The zero-order valence-corrected chi connectivity index (χ0v) is 16.0. The van der Waals surface area contributed by atoms with Crippen LogP contribution in [0.5, 0.6) is 5.88 Å². The fourth-order valence-corrected chi connectivity index (χ4v) is 3.31. The molecule has 2 aromatic heterocycles. The van der Waals surface area contributed by atoms with E-state index in [4.69, 9.17) is 10.00 Å². The minimum absolute atomic E-state index is 0.0601. The van der Waals surface area contributed by atoms with Crippen molar-refractivity contribution in [2.45, 2.75) is 13.0 Å². The van der Waals surface area contributed by atoms with Gasteiger partial charge in [0, 0.05) is 26.4 Å². The van der Waals surface area contributed by atoms with Gasteiger partial charge in [-0.3, -0.25) is 4.79 Å². The maximum absolute atomic E-state index is 12.4. The Bertz CT molecular complexity index is 1110. The zero-order chi connectivity index (χ0) is 20.5. The molecule has 4 rings (SSSR count). The van der Waals surface area contributed by atoms with E-state index in [2.05, 4.69) is 16.2 Å². The SMILES string of the molecule is COC1CN(C(=O)c2ccc(-n3ncc(-c4ccc(C#N)cc4C)c3O)nc2)C1. The van der Waals surface area contributed by atoms with Gasteiger partial charge in [-0.1, -0.05) is 6.07 Å². The van der Waals surface area contributed by atoms with Crippen molar-refractivity contribution in [1.82, 2.24) is 19.7 Å². The molecule has 1 aromatic carbocycles. The molecule has 8 heteroatoms.